The van der Waals surface area contributed by atoms with Crippen LogP contribution in [0.1, 0.15) is 38.2 Å². The number of rotatable bonds is 7. The number of anilines is 1. The maximum absolute atomic E-state index is 13.3. The summed E-state index contributed by atoms with van der Waals surface area (Å²) in [5.41, 5.74) is 1.45. The van der Waals surface area contributed by atoms with Gasteiger partial charge in [0, 0.05) is 6.04 Å². The van der Waals surface area contributed by atoms with Gasteiger partial charge < -0.3 is 5.32 Å². The standard InChI is InChI=1S/C21H26N2O3S/c1-2-17-10-6-9-15-20(17)23(16-21(24)22-18-11-7-8-12-18)27(25,26)19-13-4-3-5-14-19/h3-6,9-10,13-15,18H,2,7-8,11-12,16H2,1H3,(H,22,24). The Kier molecular flexibility index (Phi) is 6.16. The highest BCUT2D eigenvalue weighted by Crippen LogP contribution is 2.27. The summed E-state index contributed by atoms with van der Waals surface area (Å²) in [6.07, 6.45) is 4.82. The molecular weight excluding hydrogens is 360 g/mol. The summed E-state index contributed by atoms with van der Waals surface area (Å²) in [6, 6.07) is 15.8. The number of benzene rings is 2. The van der Waals surface area contributed by atoms with E-state index in [0.29, 0.717) is 12.1 Å². The number of carbonyl (C=O) groups is 1. The van der Waals surface area contributed by atoms with Gasteiger partial charge in [-0.3, -0.25) is 9.10 Å². The third-order valence-corrected chi connectivity index (χ3v) is 6.75. The number of carbonyl (C=O) groups excluding carboxylic acids is 1. The Bertz CT molecular complexity index is 875. The van der Waals surface area contributed by atoms with Crippen LogP contribution in [-0.2, 0) is 21.2 Å². The average Bonchev–Trinajstić information content (AvgIpc) is 3.19. The molecule has 0 bridgehead atoms. The van der Waals surface area contributed by atoms with E-state index < -0.39 is 10.0 Å². The number of hydrogen-bond donors (Lipinski definition) is 1. The molecule has 1 aliphatic carbocycles. The van der Waals surface area contributed by atoms with Crippen molar-refractivity contribution in [1.82, 2.24) is 5.32 Å². The third-order valence-electron chi connectivity index (χ3n) is 4.98. The van der Waals surface area contributed by atoms with Gasteiger partial charge in [-0.05, 0) is 43.0 Å². The first-order valence-electron chi connectivity index (χ1n) is 9.47. The van der Waals surface area contributed by atoms with Gasteiger partial charge in [-0.15, -0.1) is 0 Å². The molecule has 2 aromatic carbocycles. The Hall–Kier alpha value is -2.34. The van der Waals surface area contributed by atoms with E-state index in [-0.39, 0.29) is 23.4 Å². The van der Waals surface area contributed by atoms with Crippen LogP contribution in [-0.4, -0.2) is 26.9 Å². The predicted octanol–water partition coefficient (Wildman–Crippen LogP) is 3.50. The van der Waals surface area contributed by atoms with Gasteiger partial charge in [0.25, 0.3) is 10.0 Å². The van der Waals surface area contributed by atoms with Crippen LogP contribution in [0, 0.1) is 0 Å². The lowest BCUT2D eigenvalue weighted by atomic mass is 10.1. The van der Waals surface area contributed by atoms with Crippen molar-refractivity contribution in [3.63, 3.8) is 0 Å². The molecule has 5 nitrogen and oxygen atoms in total. The number of aryl methyl sites for hydroxylation is 1. The van der Waals surface area contributed by atoms with Crippen molar-refractivity contribution in [1.29, 1.82) is 0 Å². The zero-order valence-electron chi connectivity index (χ0n) is 15.6. The number of amides is 1. The number of nitrogens with zero attached hydrogens (tertiary/aromatic N) is 1. The highest BCUT2D eigenvalue weighted by Gasteiger charge is 2.29. The summed E-state index contributed by atoms with van der Waals surface area (Å²) >= 11 is 0. The largest absolute Gasteiger partial charge is 0.352 e. The van der Waals surface area contributed by atoms with Gasteiger partial charge in [-0.25, -0.2) is 8.42 Å². The van der Waals surface area contributed by atoms with E-state index in [1.54, 1.807) is 42.5 Å². The minimum atomic E-state index is -3.84. The number of hydrogen-bond acceptors (Lipinski definition) is 3. The van der Waals surface area contributed by atoms with Crippen molar-refractivity contribution in [3.8, 4) is 0 Å². The lowest BCUT2D eigenvalue weighted by Crippen LogP contribution is -2.44. The van der Waals surface area contributed by atoms with Gasteiger partial charge in [-0.2, -0.15) is 0 Å². The lowest BCUT2D eigenvalue weighted by molar-refractivity contribution is -0.120. The smallest absolute Gasteiger partial charge is 0.264 e. The molecule has 6 heteroatoms. The molecule has 27 heavy (non-hydrogen) atoms. The molecule has 0 spiro atoms. The second-order valence-electron chi connectivity index (χ2n) is 6.86. The zero-order valence-corrected chi connectivity index (χ0v) is 16.4. The van der Waals surface area contributed by atoms with Crippen molar-refractivity contribution in [2.45, 2.75) is 50.0 Å². The maximum Gasteiger partial charge on any atom is 0.264 e. The van der Waals surface area contributed by atoms with E-state index in [0.717, 1.165) is 31.2 Å². The molecule has 0 aliphatic heterocycles. The first kappa shape index (κ1) is 19.4. The average molecular weight is 387 g/mol. The molecule has 1 amide bonds. The first-order chi connectivity index (χ1) is 13.0. The maximum atomic E-state index is 13.3. The van der Waals surface area contributed by atoms with Crippen molar-refractivity contribution < 1.29 is 13.2 Å². The van der Waals surface area contributed by atoms with E-state index >= 15 is 0 Å². The topological polar surface area (TPSA) is 66.5 Å². The minimum absolute atomic E-state index is 0.153. The normalized spacial score (nSPS) is 14.9. The van der Waals surface area contributed by atoms with Gasteiger partial charge in [0.2, 0.25) is 5.91 Å². The lowest BCUT2D eigenvalue weighted by Gasteiger charge is -2.26. The summed E-state index contributed by atoms with van der Waals surface area (Å²) < 4.78 is 27.9. The Balaban J connectivity index is 1.95. The SMILES string of the molecule is CCc1ccccc1N(CC(=O)NC1CCCC1)S(=O)(=O)c1ccccc1. The molecule has 1 fully saturated rings. The van der Waals surface area contributed by atoms with Crippen LogP contribution in [0.3, 0.4) is 0 Å². The second-order valence-corrected chi connectivity index (χ2v) is 8.72. The Morgan fingerprint density at radius 2 is 1.67 bits per heavy atom. The molecule has 1 aliphatic rings. The van der Waals surface area contributed by atoms with Crippen molar-refractivity contribution in [2.75, 3.05) is 10.8 Å². The fourth-order valence-corrected chi connectivity index (χ4v) is 5.03. The fourth-order valence-electron chi connectivity index (χ4n) is 3.55. The van der Waals surface area contributed by atoms with Crippen molar-refractivity contribution in [3.05, 3.63) is 60.2 Å². The minimum Gasteiger partial charge on any atom is -0.352 e. The predicted molar refractivity (Wildman–Crippen MR) is 107 cm³/mol. The molecule has 144 valence electrons. The molecule has 0 saturated heterocycles. The van der Waals surface area contributed by atoms with Gasteiger partial charge in [-0.1, -0.05) is 56.2 Å². The Morgan fingerprint density at radius 3 is 2.33 bits per heavy atom. The Morgan fingerprint density at radius 1 is 1.04 bits per heavy atom. The highest BCUT2D eigenvalue weighted by molar-refractivity contribution is 7.92. The second kappa shape index (κ2) is 8.57. The molecular formula is C21H26N2O3S. The molecule has 0 aromatic heterocycles. The summed E-state index contributed by atoms with van der Waals surface area (Å²) in [4.78, 5) is 12.8. The third kappa shape index (κ3) is 4.50. The van der Waals surface area contributed by atoms with E-state index in [9.17, 15) is 13.2 Å². The van der Waals surface area contributed by atoms with Crippen molar-refractivity contribution in [2.24, 2.45) is 0 Å². The molecule has 3 rings (SSSR count). The van der Waals surface area contributed by atoms with Gasteiger partial charge in [0.1, 0.15) is 6.54 Å². The summed E-state index contributed by atoms with van der Waals surface area (Å²) in [7, 11) is -3.84. The zero-order chi connectivity index (χ0) is 19.3. The summed E-state index contributed by atoms with van der Waals surface area (Å²) in [5, 5.41) is 3.00. The van der Waals surface area contributed by atoms with Crippen LogP contribution in [0.15, 0.2) is 59.5 Å². The molecule has 2 aromatic rings. The number of para-hydroxylation sites is 1. The van der Waals surface area contributed by atoms with Crippen LogP contribution in [0.5, 0.6) is 0 Å². The summed E-state index contributed by atoms with van der Waals surface area (Å²) in [6.45, 7) is 1.76. The van der Waals surface area contributed by atoms with Crippen molar-refractivity contribution >= 4 is 21.6 Å². The molecule has 0 atom stereocenters. The van der Waals surface area contributed by atoms with Gasteiger partial charge in [0.15, 0.2) is 0 Å². The molecule has 0 unspecified atom stereocenters. The van der Waals surface area contributed by atoms with E-state index in [1.165, 1.54) is 4.31 Å². The van der Waals surface area contributed by atoms with E-state index in [1.807, 2.05) is 19.1 Å². The van der Waals surface area contributed by atoms with E-state index in [2.05, 4.69) is 5.32 Å². The molecule has 1 N–H and O–H groups in total. The van der Waals surface area contributed by atoms with Crippen LogP contribution >= 0.6 is 0 Å². The van der Waals surface area contributed by atoms with Crippen LogP contribution in [0.25, 0.3) is 0 Å². The summed E-state index contributed by atoms with van der Waals surface area (Å²) in [5.74, 6) is -0.257. The molecule has 0 heterocycles. The van der Waals surface area contributed by atoms with Crippen LogP contribution in [0.4, 0.5) is 5.69 Å². The van der Waals surface area contributed by atoms with Gasteiger partial charge in [0.05, 0.1) is 10.6 Å². The van der Waals surface area contributed by atoms with Gasteiger partial charge >= 0.3 is 0 Å². The molecule has 1 saturated carbocycles. The number of nitrogens with one attached hydrogen (secondary N) is 1. The number of sulfonamides is 1. The Labute approximate surface area is 161 Å². The molecule has 0 radical (unpaired) electrons. The van der Waals surface area contributed by atoms with Crippen LogP contribution in [0.2, 0.25) is 0 Å². The monoisotopic (exact) mass is 386 g/mol. The van der Waals surface area contributed by atoms with Crippen LogP contribution < -0.4 is 9.62 Å². The van der Waals surface area contributed by atoms with E-state index in [4.69, 9.17) is 0 Å². The first-order valence-corrected chi connectivity index (χ1v) is 10.9. The quantitative estimate of drug-likeness (QED) is 0.792. The fraction of sp³-hybridized carbons (Fsp3) is 0.381. The highest BCUT2D eigenvalue weighted by atomic mass is 32.2.